The first-order chi connectivity index (χ1) is 9.73. The van der Waals surface area contributed by atoms with Gasteiger partial charge in [-0.2, -0.15) is 0 Å². The molecule has 2 N–H and O–H groups in total. The van der Waals surface area contributed by atoms with Gasteiger partial charge in [0.1, 0.15) is 11.6 Å². The maximum Gasteiger partial charge on any atom is 0.123 e. The highest BCUT2D eigenvalue weighted by Crippen LogP contribution is 2.40. The number of hydrogen-bond acceptors (Lipinski definition) is 2. The summed E-state index contributed by atoms with van der Waals surface area (Å²) in [6.45, 7) is 1.19. The molecule has 1 aliphatic rings. The van der Waals surface area contributed by atoms with Crippen molar-refractivity contribution in [3.05, 3.63) is 65.5 Å². The van der Waals surface area contributed by atoms with Crippen LogP contribution in [0, 0.1) is 5.82 Å². The van der Waals surface area contributed by atoms with E-state index in [0.29, 0.717) is 13.2 Å². The van der Waals surface area contributed by atoms with Crippen molar-refractivity contribution in [2.45, 2.75) is 18.3 Å². The van der Waals surface area contributed by atoms with E-state index in [9.17, 15) is 4.39 Å². The number of para-hydroxylation sites is 1. The molecule has 0 fully saturated rings. The van der Waals surface area contributed by atoms with Crippen LogP contribution in [0.4, 0.5) is 4.39 Å². The van der Waals surface area contributed by atoms with Crippen molar-refractivity contribution in [2.24, 2.45) is 5.73 Å². The molecule has 1 heterocycles. The van der Waals surface area contributed by atoms with Crippen molar-refractivity contribution in [1.82, 2.24) is 0 Å². The lowest BCUT2D eigenvalue weighted by molar-refractivity contribution is 0.215. The summed E-state index contributed by atoms with van der Waals surface area (Å²) in [7, 11) is 0. The third-order valence-electron chi connectivity index (χ3n) is 4.12. The molecular weight excluding hydrogens is 253 g/mol. The molecule has 3 rings (SSSR count). The van der Waals surface area contributed by atoms with Gasteiger partial charge in [0.2, 0.25) is 0 Å². The summed E-state index contributed by atoms with van der Waals surface area (Å²) in [5.74, 6) is 0.704. The van der Waals surface area contributed by atoms with E-state index in [1.165, 1.54) is 6.07 Å². The van der Waals surface area contributed by atoms with Crippen LogP contribution in [-0.2, 0) is 11.8 Å². The zero-order chi connectivity index (χ0) is 14.0. The molecule has 1 atom stereocenters. The Bertz CT molecular complexity index is 613. The minimum atomic E-state index is -0.199. The van der Waals surface area contributed by atoms with Gasteiger partial charge in [0.15, 0.2) is 0 Å². The Balaban J connectivity index is 2.00. The van der Waals surface area contributed by atoms with Crippen molar-refractivity contribution >= 4 is 0 Å². The SMILES string of the molecule is NCC1(Cc2cccc(F)c2)CCOc2ccccc21. The second-order valence-corrected chi connectivity index (χ2v) is 5.39. The molecule has 0 aromatic heterocycles. The Kier molecular flexibility index (Phi) is 3.45. The zero-order valence-electron chi connectivity index (χ0n) is 11.3. The zero-order valence-corrected chi connectivity index (χ0v) is 11.3. The third-order valence-corrected chi connectivity index (χ3v) is 4.12. The summed E-state index contributed by atoms with van der Waals surface area (Å²) >= 11 is 0. The lowest BCUT2D eigenvalue weighted by Gasteiger charge is -2.38. The van der Waals surface area contributed by atoms with Crippen molar-refractivity contribution < 1.29 is 9.13 Å². The average Bonchev–Trinajstić information content (AvgIpc) is 2.47. The predicted molar refractivity (Wildman–Crippen MR) is 77.4 cm³/mol. The van der Waals surface area contributed by atoms with E-state index in [1.807, 2.05) is 24.3 Å². The molecule has 104 valence electrons. The van der Waals surface area contributed by atoms with Crippen LogP contribution in [0.25, 0.3) is 0 Å². The number of nitrogens with two attached hydrogens (primary N) is 1. The summed E-state index contributed by atoms with van der Waals surface area (Å²) in [6, 6.07) is 14.8. The number of benzene rings is 2. The molecule has 1 unspecified atom stereocenters. The third kappa shape index (κ3) is 2.29. The molecular formula is C17H18FNO. The number of ether oxygens (including phenoxy) is 1. The van der Waals surface area contributed by atoms with Crippen LogP contribution in [0.1, 0.15) is 17.5 Å². The quantitative estimate of drug-likeness (QED) is 0.931. The monoisotopic (exact) mass is 271 g/mol. The second kappa shape index (κ2) is 5.25. The Morgan fingerprint density at radius 1 is 1.15 bits per heavy atom. The fourth-order valence-corrected chi connectivity index (χ4v) is 3.03. The van der Waals surface area contributed by atoms with E-state index in [-0.39, 0.29) is 11.2 Å². The Morgan fingerprint density at radius 3 is 2.80 bits per heavy atom. The summed E-state index contributed by atoms with van der Waals surface area (Å²) in [5, 5.41) is 0. The highest BCUT2D eigenvalue weighted by atomic mass is 19.1. The minimum absolute atomic E-state index is 0.164. The highest BCUT2D eigenvalue weighted by molar-refractivity contribution is 5.43. The van der Waals surface area contributed by atoms with Gasteiger partial charge in [-0.25, -0.2) is 4.39 Å². The van der Waals surface area contributed by atoms with Gasteiger partial charge in [-0.15, -0.1) is 0 Å². The highest BCUT2D eigenvalue weighted by Gasteiger charge is 2.36. The van der Waals surface area contributed by atoms with Gasteiger partial charge >= 0.3 is 0 Å². The van der Waals surface area contributed by atoms with Gasteiger partial charge < -0.3 is 10.5 Å². The fourth-order valence-electron chi connectivity index (χ4n) is 3.03. The molecule has 0 amide bonds. The van der Waals surface area contributed by atoms with Gasteiger partial charge in [-0.3, -0.25) is 0 Å². The smallest absolute Gasteiger partial charge is 0.123 e. The summed E-state index contributed by atoms with van der Waals surface area (Å²) in [5.41, 5.74) is 8.04. The van der Waals surface area contributed by atoms with Gasteiger partial charge in [-0.1, -0.05) is 30.3 Å². The van der Waals surface area contributed by atoms with E-state index >= 15 is 0 Å². The topological polar surface area (TPSA) is 35.2 Å². The van der Waals surface area contributed by atoms with Crippen LogP contribution in [0.3, 0.4) is 0 Å². The van der Waals surface area contributed by atoms with E-state index < -0.39 is 0 Å². The largest absolute Gasteiger partial charge is 0.493 e. The van der Waals surface area contributed by atoms with Gasteiger partial charge in [0.05, 0.1) is 6.61 Å². The molecule has 2 aromatic carbocycles. The molecule has 0 spiro atoms. The molecule has 0 saturated heterocycles. The first-order valence-electron chi connectivity index (χ1n) is 6.90. The number of hydrogen-bond donors (Lipinski definition) is 1. The van der Waals surface area contributed by atoms with Crippen LogP contribution in [0.5, 0.6) is 5.75 Å². The number of halogens is 1. The molecule has 0 aliphatic carbocycles. The van der Waals surface area contributed by atoms with Gasteiger partial charge in [0.25, 0.3) is 0 Å². The molecule has 20 heavy (non-hydrogen) atoms. The van der Waals surface area contributed by atoms with Crippen molar-refractivity contribution in [3.63, 3.8) is 0 Å². The van der Waals surface area contributed by atoms with Crippen LogP contribution < -0.4 is 10.5 Å². The lowest BCUT2D eigenvalue weighted by Crippen LogP contribution is -2.41. The molecule has 0 radical (unpaired) electrons. The molecule has 3 heteroatoms. The van der Waals surface area contributed by atoms with E-state index in [0.717, 1.165) is 29.7 Å². The van der Waals surface area contributed by atoms with Crippen molar-refractivity contribution in [3.8, 4) is 5.75 Å². The molecule has 2 nitrogen and oxygen atoms in total. The van der Waals surface area contributed by atoms with Crippen LogP contribution in [-0.4, -0.2) is 13.2 Å². The average molecular weight is 271 g/mol. The summed E-state index contributed by atoms with van der Waals surface area (Å²) in [4.78, 5) is 0. The molecule has 0 bridgehead atoms. The normalized spacial score (nSPS) is 21.1. The Hall–Kier alpha value is -1.87. The standard InChI is InChI=1S/C17H18FNO/c18-14-5-3-4-13(10-14)11-17(12-19)8-9-20-16-7-2-1-6-15(16)17/h1-7,10H,8-9,11-12,19H2. The lowest BCUT2D eigenvalue weighted by atomic mass is 9.72. The van der Waals surface area contributed by atoms with Crippen LogP contribution in [0.2, 0.25) is 0 Å². The number of rotatable bonds is 3. The maximum absolute atomic E-state index is 13.4. The van der Waals surface area contributed by atoms with E-state index in [2.05, 4.69) is 6.07 Å². The molecule has 1 aliphatic heterocycles. The maximum atomic E-state index is 13.4. The first kappa shape index (κ1) is 13.1. The number of fused-ring (bicyclic) bond motifs is 1. The Labute approximate surface area is 118 Å². The second-order valence-electron chi connectivity index (χ2n) is 5.39. The van der Waals surface area contributed by atoms with Crippen molar-refractivity contribution in [2.75, 3.05) is 13.2 Å². The Morgan fingerprint density at radius 2 is 2.00 bits per heavy atom. The fraction of sp³-hybridized carbons (Fsp3) is 0.294. The van der Waals surface area contributed by atoms with Crippen LogP contribution in [0.15, 0.2) is 48.5 Å². The summed E-state index contributed by atoms with van der Waals surface area (Å²) < 4.78 is 19.1. The first-order valence-corrected chi connectivity index (χ1v) is 6.90. The summed E-state index contributed by atoms with van der Waals surface area (Å²) in [6.07, 6.45) is 1.60. The van der Waals surface area contributed by atoms with E-state index in [1.54, 1.807) is 12.1 Å². The van der Waals surface area contributed by atoms with Crippen LogP contribution >= 0.6 is 0 Å². The van der Waals surface area contributed by atoms with Crippen molar-refractivity contribution in [1.29, 1.82) is 0 Å². The molecule has 0 saturated carbocycles. The van der Waals surface area contributed by atoms with Gasteiger partial charge in [0, 0.05) is 17.5 Å². The van der Waals surface area contributed by atoms with Gasteiger partial charge in [-0.05, 0) is 36.6 Å². The minimum Gasteiger partial charge on any atom is -0.493 e. The predicted octanol–water partition coefficient (Wildman–Crippen LogP) is 3.05. The molecule has 2 aromatic rings. The van der Waals surface area contributed by atoms with E-state index in [4.69, 9.17) is 10.5 Å².